The van der Waals surface area contributed by atoms with E-state index in [0.717, 1.165) is 11.1 Å². The van der Waals surface area contributed by atoms with Gasteiger partial charge in [0.05, 0.1) is 19.1 Å². The second-order valence-corrected chi connectivity index (χ2v) is 5.41. The van der Waals surface area contributed by atoms with E-state index in [9.17, 15) is 4.79 Å². The zero-order chi connectivity index (χ0) is 13.7. The summed E-state index contributed by atoms with van der Waals surface area (Å²) in [6.45, 7) is 2.84. The Morgan fingerprint density at radius 2 is 2.00 bits per heavy atom. The maximum atomic E-state index is 10.9. The first-order valence-electron chi connectivity index (χ1n) is 6.08. The van der Waals surface area contributed by atoms with E-state index >= 15 is 0 Å². The molecule has 0 radical (unpaired) electrons. The van der Waals surface area contributed by atoms with Gasteiger partial charge in [-0.05, 0) is 29.5 Å². The van der Waals surface area contributed by atoms with Gasteiger partial charge in [0.25, 0.3) is 0 Å². The molecule has 1 aromatic carbocycles. The Labute approximate surface area is 116 Å². The number of benzene rings is 1. The first kappa shape index (κ1) is 13.8. The van der Waals surface area contributed by atoms with Crippen LogP contribution in [-0.4, -0.2) is 11.1 Å². The zero-order valence-corrected chi connectivity index (χ0v) is 11.5. The second kappa shape index (κ2) is 6.50. The summed E-state index contributed by atoms with van der Waals surface area (Å²) in [6, 6.07) is 11.6. The predicted molar refractivity (Wildman–Crippen MR) is 75.3 cm³/mol. The molecule has 1 aromatic heterocycles. The normalized spacial score (nSPS) is 12.3. The fourth-order valence-electron chi connectivity index (χ4n) is 1.71. The maximum absolute atomic E-state index is 10.9. The first-order valence-corrected chi connectivity index (χ1v) is 6.96. The molecule has 1 N–H and O–H groups in total. The highest BCUT2D eigenvalue weighted by molar-refractivity contribution is 7.09. The Hall–Kier alpha value is -1.65. The summed E-state index contributed by atoms with van der Waals surface area (Å²) in [6.07, 6.45) is 0. The molecule has 0 bridgehead atoms. The summed E-state index contributed by atoms with van der Waals surface area (Å²) in [5.74, 6) is -1.28. The average Bonchev–Trinajstić information content (AvgIpc) is 2.92. The van der Waals surface area contributed by atoms with Crippen LogP contribution in [0.1, 0.15) is 28.8 Å². The van der Waals surface area contributed by atoms with Crippen molar-refractivity contribution in [1.82, 2.24) is 0 Å². The molecule has 0 aliphatic rings. The summed E-state index contributed by atoms with van der Waals surface area (Å²) >= 11 is 1.68. The Morgan fingerprint density at radius 3 is 2.58 bits per heavy atom. The Bertz CT molecular complexity index is 517. The predicted octanol–water partition coefficient (Wildman–Crippen LogP) is 3.65. The highest BCUT2D eigenvalue weighted by Gasteiger charge is 2.12. The van der Waals surface area contributed by atoms with Gasteiger partial charge < -0.3 is 9.84 Å². The summed E-state index contributed by atoms with van der Waals surface area (Å²) in [5, 5.41) is 11.0. The lowest BCUT2D eigenvalue weighted by atomic mass is 10.0. The number of rotatable bonds is 6. The van der Waals surface area contributed by atoms with Crippen LogP contribution in [0.2, 0.25) is 0 Å². The van der Waals surface area contributed by atoms with Gasteiger partial charge in [-0.2, -0.15) is 0 Å². The Morgan fingerprint density at radius 1 is 1.26 bits per heavy atom. The number of carboxylic acids is 1. The van der Waals surface area contributed by atoms with Gasteiger partial charge in [0.15, 0.2) is 0 Å². The van der Waals surface area contributed by atoms with Crippen molar-refractivity contribution in [3.05, 3.63) is 57.8 Å². The minimum absolute atomic E-state index is 0.471. The fraction of sp³-hybridized carbons (Fsp3) is 0.267. The quantitative estimate of drug-likeness (QED) is 0.876. The van der Waals surface area contributed by atoms with Crippen molar-refractivity contribution >= 4 is 17.3 Å². The van der Waals surface area contributed by atoms with Crippen molar-refractivity contribution in [2.75, 3.05) is 0 Å². The van der Waals surface area contributed by atoms with E-state index in [1.807, 2.05) is 41.8 Å². The van der Waals surface area contributed by atoms with Gasteiger partial charge in [-0.1, -0.05) is 30.3 Å². The molecular formula is C15H16O3S. The molecule has 0 aliphatic heterocycles. The summed E-state index contributed by atoms with van der Waals surface area (Å²) < 4.78 is 5.61. The van der Waals surface area contributed by atoms with Crippen molar-refractivity contribution in [2.45, 2.75) is 26.1 Å². The SMILES string of the molecule is CC(C(=O)O)c1ccc(COCc2cccs2)cc1. The lowest BCUT2D eigenvalue weighted by Crippen LogP contribution is -2.07. The zero-order valence-electron chi connectivity index (χ0n) is 10.7. The molecule has 19 heavy (non-hydrogen) atoms. The largest absolute Gasteiger partial charge is 0.481 e. The van der Waals surface area contributed by atoms with Gasteiger partial charge in [-0.25, -0.2) is 0 Å². The third-order valence-corrected chi connectivity index (χ3v) is 3.79. The molecule has 0 fully saturated rings. The van der Waals surface area contributed by atoms with Gasteiger partial charge in [-0.15, -0.1) is 11.3 Å². The first-order chi connectivity index (χ1) is 9.16. The molecular weight excluding hydrogens is 260 g/mol. The number of ether oxygens (including phenoxy) is 1. The highest BCUT2D eigenvalue weighted by Crippen LogP contribution is 2.17. The molecule has 3 nitrogen and oxygen atoms in total. The van der Waals surface area contributed by atoms with Crippen molar-refractivity contribution in [3.8, 4) is 0 Å². The molecule has 0 saturated carbocycles. The van der Waals surface area contributed by atoms with Crippen molar-refractivity contribution < 1.29 is 14.6 Å². The van der Waals surface area contributed by atoms with Gasteiger partial charge in [0, 0.05) is 4.88 Å². The molecule has 2 rings (SSSR count). The van der Waals surface area contributed by atoms with E-state index in [-0.39, 0.29) is 0 Å². The highest BCUT2D eigenvalue weighted by atomic mass is 32.1. The molecule has 0 amide bonds. The molecule has 100 valence electrons. The van der Waals surface area contributed by atoms with E-state index in [0.29, 0.717) is 13.2 Å². The summed E-state index contributed by atoms with van der Waals surface area (Å²) in [4.78, 5) is 12.1. The molecule has 4 heteroatoms. The lowest BCUT2D eigenvalue weighted by molar-refractivity contribution is -0.138. The lowest BCUT2D eigenvalue weighted by Gasteiger charge is -2.08. The average molecular weight is 276 g/mol. The maximum Gasteiger partial charge on any atom is 0.310 e. The summed E-state index contributed by atoms with van der Waals surface area (Å²) in [7, 11) is 0. The third-order valence-electron chi connectivity index (χ3n) is 2.94. The van der Waals surface area contributed by atoms with Crippen LogP contribution in [0.3, 0.4) is 0 Å². The minimum atomic E-state index is -0.804. The van der Waals surface area contributed by atoms with Crippen LogP contribution < -0.4 is 0 Å². The van der Waals surface area contributed by atoms with Gasteiger partial charge in [0.1, 0.15) is 0 Å². The topological polar surface area (TPSA) is 46.5 Å². The number of carbonyl (C=O) groups is 1. The number of hydrogen-bond donors (Lipinski definition) is 1. The minimum Gasteiger partial charge on any atom is -0.481 e. The second-order valence-electron chi connectivity index (χ2n) is 4.37. The molecule has 0 spiro atoms. The Kier molecular flexibility index (Phi) is 4.71. The van der Waals surface area contributed by atoms with Gasteiger partial charge >= 0.3 is 5.97 Å². The van der Waals surface area contributed by atoms with E-state index in [1.165, 1.54) is 4.88 Å². The number of carboxylic acid groups (broad SMARTS) is 1. The molecule has 1 atom stereocenters. The van der Waals surface area contributed by atoms with Crippen LogP contribution in [0.4, 0.5) is 0 Å². The van der Waals surface area contributed by atoms with E-state index in [4.69, 9.17) is 9.84 Å². The molecule has 0 saturated heterocycles. The number of hydrogen-bond acceptors (Lipinski definition) is 3. The molecule has 0 aliphatic carbocycles. The van der Waals surface area contributed by atoms with Gasteiger partial charge in [0.2, 0.25) is 0 Å². The van der Waals surface area contributed by atoms with Crippen LogP contribution in [0, 0.1) is 0 Å². The van der Waals surface area contributed by atoms with Gasteiger partial charge in [-0.3, -0.25) is 4.79 Å². The third kappa shape index (κ3) is 3.91. The van der Waals surface area contributed by atoms with E-state index < -0.39 is 11.9 Å². The molecule has 1 unspecified atom stereocenters. The van der Waals surface area contributed by atoms with Crippen LogP contribution in [0.25, 0.3) is 0 Å². The van der Waals surface area contributed by atoms with Crippen LogP contribution in [0.5, 0.6) is 0 Å². The van der Waals surface area contributed by atoms with Crippen LogP contribution in [0.15, 0.2) is 41.8 Å². The fourth-order valence-corrected chi connectivity index (χ4v) is 2.35. The standard InChI is InChI=1S/C15H16O3S/c1-11(15(16)17)13-6-4-12(5-7-13)9-18-10-14-3-2-8-19-14/h2-8,11H,9-10H2,1H3,(H,16,17). The summed E-state index contributed by atoms with van der Waals surface area (Å²) in [5.41, 5.74) is 1.87. The Balaban J connectivity index is 1.86. The van der Waals surface area contributed by atoms with Crippen LogP contribution in [-0.2, 0) is 22.7 Å². The molecule has 1 heterocycles. The van der Waals surface area contributed by atoms with E-state index in [1.54, 1.807) is 18.3 Å². The molecule has 2 aromatic rings. The van der Waals surface area contributed by atoms with Crippen LogP contribution >= 0.6 is 11.3 Å². The smallest absolute Gasteiger partial charge is 0.310 e. The number of thiophene rings is 1. The monoisotopic (exact) mass is 276 g/mol. The van der Waals surface area contributed by atoms with Crippen molar-refractivity contribution in [2.24, 2.45) is 0 Å². The van der Waals surface area contributed by atoms with Crippen molar-refractivity contribution in [3.63, 3.8) is 0 Å². The van der Waals surface area contributed by atoms with Crippen molar-refractivity contribution in [1.29, 1.82) is 0 Å². The number of aliphatic carboxylic acids is 1. The van der Waals surface area contributed by atoms with E-state index in [2.05, 4.69) is 0 Å².